The first-order chi connectivity index (χ1) is 11.0. The summed E-state index contributed by atoms with van der Waals surface area (Å²) < 4.78 is 0. The summed E-state index contributed by atoms with van der Waals surface area (Å²) in [6.07, 6.45) is 0. The van der Waals surface area contributed by atoms with E-state index in [0.29, 0.717) is 24.7 Å². The number of carbonyl (C=O) groups is 1. The standard InChI is InChI=1S/C18H19ClN2O2/c1-13-10-21(16-6-3-5-15(19)9-16)18(23)12-20(13)11-14-4-2-7-17(22)8-14/h2-9,13,22H,10-12H2,1H3. The van der Waals surface area contributed by atoms with Crippen molar-refractivity contribution in [2.45, 2.75) is 19.5 Å². The van der Waals surface area contributed by atoms with Gasteiger partial charge >= 0.3 is 0 Å². The van der Waals surface area contributed by atoms with E-state index in [9.17, 15) is 9.90 Å². The van der Waals surface area contributed by atoms with Gasteiger partial charge < -0.3 is 10.0 Å². The molecule has 0 saturated carbocycles. The molecule has 1 amide bonds. The molecule has 0 aromatic heterocycles. The largest absolute Gasteiger partial charge is 0.508 e. The van der Waals surface area contributed by atoms with Gasteiger partial charge in [-0.1, -0.05) is 29.8 Å². The van der Waals surface area contributed by atoms with Crippen LogP contribution in [0.25, 0.3) is 0 Å². The average molecular weight is 331 g/mol. The monoisotopic (exact) mass is 330 g/mol. The zero-order chi connectivity index (χ0) is 16.4. The lowest BCUT2D eigenvalue weighted by Crippen LogP contribution is -2.54. The molecule has 120 valence electrons. The van der Waals surface area contributed by atoms with E-state index < -0.39 is 0 Å². The van der Waals surface area contributed by atoms with Crippen LogP contribution in [0, 0.1) is 0 Å². The number of amides is 1. The van der Waals surface area contributed by atoms with Crippen LogP contribution in [0.5, 0.6) is 5.75 Å². The highest BCUT2D eigenvalue weighted by Crippen LogP contribution is 2.24. The second-order valence-electron chi connectivity index (χ2n) is 5.91. The quantitative estimate of drug-likeness (QED) is 0.939. The number of aromatic hydroxyl groups is 1. The summed E-state index contributed by atoms with van der Waals surface area (Å²) in [7, 11) is 0. The van der Waals surface area contributed by atoms with Crippen molar-refractivity contribution in [1.82, 2.24) is 4.90 Å². The summed E-state index contributed by atoms with van der Waals surface area (Å²) in [6.45, 7) is 3.72. The predicted molar refractivity (Wildman–Crippen MR) is 91.8 cm³/mol. The molecule has 23 heavy (non-hydrogen) atoms. The number of piperazine rings is 1. The Hall–Kier alpha value is -2.04. The Morgan fingerprint density at radius 3 is 2.74 bits per heavy atom. The van der Waals surface area contributed by atoms with Gasteiger partial charge in [0.1, 0.15) is 5.75 Å². The van der Waals surface area contributed by atoms with Crippen molar-refractivity contribution in [2.24, 2.45) is 0 Å². The van der Waals surface area contributed by atoms with Crippen LogP contribution in [-0.4, -0.2) is 35.0 Å². The fourth-order valence-corrected chi connectivity index (χ4v) is 3.08. The highest BCUT2D eigenvalue weighted by molar-refractivity contribution is 6.30. The minimum Gasteiger partial charge on any atom is -0.508 e. The predicted octanol–water partition coefficient (Wildman–Crippen LogP) is 3.28. The number of carbonyl (C=O) groups excluding carboxylic acids is 1. The van der Waals surface area contributed by atoms with E-state index in [1.165, 1.54) is 0 Å². The Labute approximate surface area is 140 Å². The minimum absolute atomic E-state index is 0.0607. The molecule has 1 aliphatic rings. The molecule has 1 aliphatic heterocycles. The molecule has 1 heterocycles. The Kier molecular flexibility index (Phi) is 4.55. The molecule has 0 aliphatic carbocycles. The van der Waals surface area contributed by atoms with Gasteiger partial charge in [-0.25, -0.2) is 0 Å². The zero-order valence-electron chi connectivity index (χ0n) is 12.9. The van der Waals surface area contributed by atoms with E-state index in [-0.39, 0.29) is 17.7 Å². The molecule has 1 unspecified atom stereocenters. The number of rotatable bonds is 3. The third-order valence-corrected chi connectivity index (χ3v) is 4.36. The van der Waals surface area contributed by atoms with Crippen LogP contribution in [0.4, 0.5) is 5.69 Å². The van der Waals surface area contributed by atoms with Crippen molar-refractivity contribution < 1.29 is 9.90 Å². The van der Waals surface area contributed by atoms with Gasteiger partial charge in [0.05, 0.1) is 6.54 Å². The van der Waals surface area contributed by atoms with Crippen LogP contribution in [0.3, 0.4) is 0 Å². The molecule has 0 radical (unpaired) electrons. The van der Waals surface area contributed by atoms with Gasteiger partial charge in [0.2, 0.25) is 5.91 Å². The number of phenolic OH excluding ortho intramolecular Hbond substituents is 1. The number of hydrogen-bond donors (Lipinski definition) is 1. The summed E-state index contributed by atoms with van der Waals surface area (Å²) in [5.41, 5.74) is 1.84. The number of halogens is 1. The molecule has 2 aromatic carbocycles. The van der Waals surface area contributed by atoms with Gasteiger partial charge in [-0.3, -0.25) is 9.69 Å². The lowest BCUT2D eigenvalue weighted by atomic mass is 10.1. The average Bonchev–Trinajstić information content (AvgIpc) is 2.50. The molecule has 1 fully saturated rings. The van der Waals surface area contributed by atoms with Gasteiger partial charge in [-0.05, 0) is 42.8 Å². The van der Waals surface area contributed by atoms with Gasteiger partial charge in [-0.2, -0.15) is 0 Å². The van der Waals surface area contributed by atoms with Gasteiger partial charge in [0, 0.05) is 29.8 Å². The minimum atomic E-state index is 0.0607. The van der Waals surface area contributed by atoms with Crippen LogP contribution >= 0.6 is 11.6 Å². The van der Waals surface area contributed by atoms with Crippen molar-refractivity contribution in [2.75, 3.05) is 18.0 Å². The molecular weight excluding hydrogens is 312 g/mol. The fraction of sp³-hybridized carbons (Fsp3) is 0.278. The number of benzene rings is 2. The number of hydrogen-bond acceptors (Lipinski definition) is 3. The summed E-state index contributed by atoms with van der Waals surface area (Å²) in [6, 6.07) is 14.8. The van der Waals surface area contributed by atoms with Crippen molar-refractivity contribution in [3.8, 4) is 5.75 Å². The van der Waals surface area contributed by atoms with Crippen LogP contribution < -0.4 is 4.90 Å². The highest BCUT2D eigenvalue weighted by Gasteiger charge is 2.30. The Balaban J connectivity index is 1.73. The van der Waals surface area contributed by atoms with E-state index in [0.717, 1.165) is 11.3 Å². The van der Waals surface area contributed by atoms with E-state index in [2.05, 4.69) is 11.8 Å². The van der Waals surface area contributed by atoms with Crippen LogP contribution in [0.15, 0.2) is 48.5 Å². The lowest BCUT2D eigenvalue weighted by molar-refractivity contribution is -0.122. The molecule has 5 heteroatoms. The van der Waals surface area contributed by atoms with Crippen LogP contribution in [0.1, 0.15) is 12.5 Å². The third-order valence-electron chi connectivity index (χ3n) is 4.13. The summed E-state index contributed by atoms with van der Waals surface area (Å²) in [4.78, 5) is 16.4. The van der Waals surface area contributed by atoms with Crippen molar-refractivity contribution >= 4 is 23.2 Å². The lowest BCUT2D eigenvalue weighted by Gasteiger charge is -2.39. The topological polar surface area (TPSA) is 43.8 Å². The van der Waals surface area contributed by atoms with E-state index in [4.69, 9.17) is 11.6 Å². The van der Waals surface area contributed by atoms with Gasteiger partial charge in [-0.15, -0.1) is 0 Å². The molecule has 1 N–H and O–H groups in total. The van der Waals surface area contributed by atoms with Crippen LogP contribution in [0.2, 0.25) is 5.02 Å². The van der Waals surface area contributed by atoms with Gasteiger partial charge in [0.15, 0.2) is 0 Å². The SMILES string of the molecule is CC1CN(c2cccc(Cl)c2)C(=O)CN1Cc1cccc(O)c1. The molecule has 2 aromatic rings. The summed E-state index contributed by atoms with van der Waals surface area (Å²) in [5.74, 6) is 0.310. The van der Waals surface area contributed by atoms with Gasteiger partial charge in [0.25, 0.3) is 0 Å². The van der Waals surface area contributed by atoms with E-state index >= 15 is 0 Å². The van der Waals surface area contributed by atoms with E-state index in [1.807, 2.05) is 30.3 Å². The summed E-state index contributed by atoms with van der Waals surface area (Å²) in [5, 5.41) is 10.2. The number of nitrogens with zero attached hydrogens (tertiary/aromatic N) is 2. The smallest absolute Gasteiger partial charge is 0.241 e. The first-order valence-electron chi connectivity index (χ1n) is 7.61. The number of phenols is 1. The van der Waals surface area contributed by atoms with Crippen molar-refractivity contribution in [1.29, 1.82) is 0 Å². The normalized spacial score (nSPS) is 19.1. The second-order valence-corrected chi connectivity index (χ2v) is 6.34. The maximum Gasteiger partial charge on any atom is 0.241 e. The molecule has 1 saturated heterocycles. The Morgan fingerprint density at radius 1 is 1.22 bits per heavy atom. The molecule has 3 rings (SSSR count). The second kappa shape index (κ2) is 6.60. The zero-order valence-corrected chi connectivity index (χ0v) is 13.7. The van der Waals surface area contributed by atoms with Crippen molar-refractivity contribution in [3.05, 3.63) is 59.1 Å². The third kappa shape index (κ3) is 3.66. The molecular formula is C18H19ClN2O2. The Bertz CT molecular complexity index is 720. The molecule has 1 atom stereocenters. The summed E-state index contributed by atoms with van der Waals surface area (Å²) >= 11 is 6.03. The molecule has 0 bridgehead atoms. The first kappa shape index (κ1) is 15.8. The maximum atomic E-state index is 12.5. The van der Waals surface area contributed by atoms with Crippen molar-refractivity contribution in [3.63, 3.8) is 0 Å². The first-order valence-corrected chi connectivity index (χ1v) is 7.98. The highest BCUT2D eigenvalue weighted by atomic mass is 35.5. The maximum absolute atomic E-state index is 12.5. The van der Waals surface area contributed by atoms with Crippen LogP contribution in [-0.2, 0) is 11.3 Å². The fourth-order valence-electron chi connectivity index (χ4n) is 2.89. The molecule has 0 spiro atoms. The molecule has 4 nitrogen and oxygen atoms in total. The Morgan fingerprint density at radius 2 is 2.00 bits per heavy atom. The number of anilines is 1. The van der Waals surface area contributed by atoms with E-state index in [1.54, 1.807) is 23.1 Å².